The highest BCUT2D eigenvalue weighted by Gasteiger charge is 2.24. The number of benzene rings is 21. The van der Waals surface area contributed by atoms with Gasteiger partial charge in [0.15, 0.2) is 0 Å². The smallest absolute Gasteiger partial charge is 0.0562 e. The van der Waals surface area contributed by atoms with E-state index in [1.165, 1.54) is 253 Å². The van der Waals surface area contributed by atoms with Crippen molar-refractivity contribution in [1.82, 2.24) is 36.5 Å². The van der Waals surface area contributed by atoms with Crippen molar-refractivity contribution in [3.05, 3.63) is 485 Å². The minimum Gasteiger partial charge on any atom is -0.344 e. The normalized spacial score (nSPS) is 11.8. The lowest BCUT2D eigenvalue weighted by atomic mass is 9.98. The van der Waals surface area contributed by atoms with E-state index in [2.05, 4.69) is 550 Å². The Morgan fingerprint density at radius 1 is 0.101 bits per heavy atom. The van der Waals surface area contributed by atoms with E-state index in [1.807, 2.05) is 0 Å². The van der Waals surface area contributed by atoms with Crippen molar-refractivity contribution in [1.29, 1.82) is 0 Å². The van der Waals surface area contributed by atoms with Gasteiger partial charge in [-0.15, -0.1) is 0 Å². The van der Waals surface area contributed by atoms with Gasteiger partial charge in [0, 0.05) is 170 Å². The fourth-order valence-electron chi connectivity index (χ4n) is 22.3. The van der Waals surface area contributed by atoms with Crippen LogP contribution in [0.1, 0.15) is 0 Å². The first-order chi connectivity index (χ1) is 68.1. The maximum atomic E-state index is 2.45. The summed E-state index contributed by atoms with van der Waals surface area (Å²) in [6.07, 6.45) is 0. The zero-order valence-corrected chi connectivity index (χ0v) is 76.8. The summed E-state index contributed by atoms with van der Waals surface area (Å²) < 4.78 is 18.9. The highest BCUT2D eigenvalue weighted by Crippen LogP contribution is 2.46. The zero-order valence-electron chi connectivity index (χ0n) is 76.8. The number of fused-ring (bicyclic) bond motifs is 24. The summed E-state index contributed by atoms with van der Waals surface area (Å²) in [5, 5.41) is 20.7. The van der Waals surface area contributed by atoms with Crippen LogP contribution in [-0.2, 0) is 28.2 Å². The molecule has 8 nitrogen and oxygen atoms in total. The van der Waals surface area contributed by atoms with Crippen LogP contribution in [-0.4, -0.2) is 36.5 Å². The maximum Gasteiger partial charge on any atom is 0.0562 e. The molecule has 0 atom stereocenters. The van der Waals surface area contributed by atoms with Gasteiger partial charge in [0.1, 0.15) is 0 Å². The first kappa shape index (κ1) is 80.8. The molecule has 0 N–H and O–H groups in total. The molecule has 0 radical (unpaired) electrons. The number of hydrogen-bond acceptors (Lipinski definition) is 0. The Hall–Kier alpha value is -18.0. The van der Waals surface area contributed by atoms with Crippen molar-refractivity contribution < 1.29 is 0 Å². The molecule has 8 heterocycles. The van der Waals surface area contributed by atoms with E-state index >= 15 is 0 Å². The second-order valence-electron chi connectivity index (χ2n) is 36.5. The minimum absolute atomic E-state index is 1.17. The monoisotopic (exact) mass is 1760 g/mol. The van der Waals surface area contributed by atoms with E-state index in [0.717, 1.165) is 0 Å². The summed E-state index contributed by atoms with van der Waals surface area (Å²) >= 11 is 0. The van der Waals surface area contributed by atoms with Gasteiger partial charge in [-0.2, -0.15) is 0 Å². The number of rotatable bonds is 9. The molecule has 0 aliphatic rings. The van der Waals surface area contributed by atoms with Gasteiger partial charge < -0.3 is 36.5 Å². The number of aryl methyl sites for hydroxylation is 4. The first-order valence-corrected chi connectivity index (χ1v) is 47.5. The highest BCUT2D eigenvalue weighted by atomic mass is 15.0. The summed E-state index contributed by atoms with van der Waals surface area (Å²) in [4.78, 5) is 0. The predicted molar refractivity (Wildman–Crippen MR) is 586 cm³/mol. The van der Waals surface area contributed by atoms with E-state index in [9.17, 15) is 0 Å². The molecular formula is C130H92N8. The summed E-state index contributed by atoms with van der Waals surface area (Å²) in [5.41, 5.74) is 36.9. The van der Waals surface area contributed by atoms with Crippen LogP contribution in [0.2, 0.25) is 0 Å². The Morgan fingerprint density at radius 2 is 0.304 bits per heavy atom. The molecule has 0 amide bonds. The minimum atomic E-state index is 1.17. The zero-order chi connectivity index (χ0) is 91.7. The van der Waals surface area contributed by atoms with Gasteiger partial charge in [0.05, 0.1) is 55.2 Å². The van der Waals surface area contributed by atoms with Crippen LogP contribution in [0.3, 0.4) is 0 Å². The number of aromatic nitrogens is 8. The average Bonchev–Trinajstić information content (AvgIpc) is 1.58. The third kappa shape index (κ3) is 13.3. The molecule has 8 aromatic heterocycles. The van der Waals surface area contributed by atoms with Gasteiger partial charge in [0.25, 0.3) is 0 Å². The molecule has 21 aromatic carbocycles. The summed E-state index contributed by atoms with van der Waals surface area (Å²) in [7, 11) is 8.66. The summed E-state index contributed by atoms with van der Waals surface area (Å²) in [5.74, 6) is 0. The molecule has 29 aromatic rings. The van der Waals surface area contributed by atoms with Crippen molar-refractivity contribution in [3.8, 4) is 78.4 Å². The van der Waals surface area contributed by atoms with Crippen LogP contribution < -0.4 is 0 Å². The average molecular weight is 1770 g/mol. The van der Waals surface area contributed by atoms with Crippen molar-refractivity contribution >= 4 is 174 Å². The number of para-hydroxylation sites is 9. The largest absolute Gasteiger partial charge is 0.344 e. The van der Waals surface area contributed by atoms with Crippen LogP contribution in [0.15, 0.2) is 485 Å². The van der Waals surface area contributed by atoms with Crippen molar-refractivity contribution in [2.24, 2.45) is 28.2 Å². The lowest BCUT2D eigenvalue weighted by Gasteiger charge is -2.14. The Balaban J connectivity index is 0.0000000959. The summed E-state index contributed by atoms with van der Waals surface area (Å²) in [6.45, 7) is 0. The molecule has 0 saturated carbocycles. The van der Waals surface area contributed by atoms with Gasteiger partial charge >= 0.3 is 0 Å². The molecule has 0 aliphatic carbocycles. The number of nitrogens with zero attached hydrogens (tertiary/aromatic N) is 8. The lowest BCUT2D eigenvalue weighted by molar-refractivity contribution is 1.01. The van der Waals surface area contributed by atoms with Crippen LogP contribution in [0.5, 0.6) is 0 Å². The Kier molecular flexibility index (Phi) is 19.4. The fraction of sp³-hybridized carbons (Fsp3) is 0.0308. The Bertz CT molecular complexity index is 9790. The van der Waals surface area contributed by atoms with Gasteiger partial charge in [-0.25, -0.2) is 0 Å². The standard InChI is InChI=1S/2C37H26N2.C31H22N2.C25H18N2/c1-38-34-18-10-8-16-30(34)32-24-37-33(23-36(32)38)31-17-9-11-19-35(31)39(37)29-21-27(25-12-4-2-5-13-25)20-28(22-29)26-14-6-3-7-15-26;1-38-34-16-7-5-14-30(34)32-24-37-33(23-36(32)38)31-15-6-8-17-35(31)39(37)29-13-9-12-28(22-29)27-20-18-26(19-21-27)25-10-3-2-4-11-25;1-32-28-13-7-5-11-24(28)26-19-27-25-12-6-8-14-29(25)33(31(27)20-30(26)32)23-17-15-22(16-18-23)21-9-3-2-4-10-21;1-26-22-13-7-5-11-18(22)20-15-21-19-12-6-8-14-23(19)27(25(21)16-24(20)26)17-9-3-2-4-10-17/h2*2-24H,1H3;2-20H,1H3;2-16H,1H3. The van der Waals surface area contributed by atoms with E-state index in [4.69, 9.17) is 0 Å². The fourth-order valence-corrected chi connectivity index (χ4v) is 22.3. The van der Waals surface area contributed by atoms with Gasteiger partial charge in [-0.3, -0.25) is 0 Å². The van der Waals surface area contributed by atoms with Gasteiger partial charge in [0.2, 0.25) is 0 Å². The third-order valence-corrected chi connectivity index (χ3v) is 28.9. The van der Waals surface area contributed by atoms with Crippen molar-refractivity contribution in [2.75, 3.05) is 0 Å². The lowest BCUT2D eigenvalue weighted by Crippen LogP contribution is -1.96. The van der Waals surface area contributed by atoms with Crippen LogP contribution in [0.4, 0.5) is 0 Å². The SMILES string of the molecule is Cn1c2ccccc2c2cc3c(cc21)c1ccccc1n3-c1cc(-c2ccccc2)cc(-c2ccccc2)c1.Cn1c2ccccc2c2cc3c(cc21)c1ccccc1n3-c1cccc(-c2ccc(-c3ccccc3)cc2)c1.Cn1c2ccccc2c2cc3c4ccccc4n(-c4ccc(-c5ccccc5)cc4)c3cc21.Cn1c2ccccc2c2cc3c4ccccc4n(-c4ccccc4)c3cc21. The molecule has 29 rings (SSSR count). The predicted octanol–water partition coefficient (Wildman–Crippen LogP) is 34.0. The molecule has 0 unspecified atom stereocenters. The van der Waals surface area contributed by atoms with Crippen molar-refractivity contribution in [3.63, 3.8) is 0 Å². The van der Waals surface area contributed by atoms with Crippen molar-refractivity contribution in [2.45, 2.75) is 0 Å². The van der Waals surface area contributed by atoms with Crippen LogP contribution in [0, 0.1) is 0 Å². The topological polar surface area (TPSA) is 39.4 Å². The Morgan fingerprint density at radius 3 is 0.659 bits per heavy atom. The molecule has 0 aliphatic heterocycles. The van der Waals surface area contributed by atoms with Gasteiger partial charge in [-0.05, 0) is 207 Å². The van der Waals surface area contributed by atoms with Crippen LogP contribution >= 0.6 is 0 Å². The van der Waals surface area contributed by atoms with E-state index in [1.54, 1.807) is 0 Å². The molecule has 8 heteroatoms. The molecule has 0 fully saturated rings. The highest BCUT2D eigenvalue weighted by molar-refractivity contribution is 6.23. The second kappa shape index (κ2) is 33.0. The van der Waals surface area contributed by atoms with E-state index in [-0.39, 0.29) is 0 Å². The number of hydrogen-bond donors (Lipinski definition) is 0. The molecule has 0 bridgehead atoms. The molecule has 0 spiro atoms. The third-order valence-electron chi connectivity index (χ3n) is 28.9. The molecule has 652 valence electrons. The Labute approximate surface area is 797 Å². The molecule has 138 heavy (non-hydrogen) atoms. The second-order valence-corrected chi connectivity index (χ2v) is 36.5. The van der Waals surface area contributed by atoms with Crippen LogP contribution in [0.25, 0.3) is 253 Å². The molecule has 0 saturated heterocycles. The first-order valence-electron chi connectivity index (χ1n) is 47.5. The van der Waals surface area contributed by atoms with E-state index < -0.39 is 0 Å². The maximum absolute atomic E-state index is 2.45. The quantitative estimate of drug-likeness (QED) is 0.138. The van der Waals surface area contributed by atoms with Gasteiger partial charge in [-0.1, -0.05) is 334 Å². The van der Waals surface area contributed by atoms with E-state index in [0.29, 0.717) is 0 Å². The summed E-state index contributed by atoms with van der Waals surface area (Å²) in [6, 6.07) is 175. The molecular weight excluding hydrogens is 1670 g/mol.